The van der Waals surface area contributed by atoms with Gasteiger partial charge in [-0.15, -0.1) is 0 Å². The van der Waals surface area contributed by atoms with Crippen LogP contribution in [0.15, 0.2) is 41.3 Å². The maximum absolute atomic E-state index is 12.0. The molecule has 0 unspecified atom stereocenters. The first-order valence-electron chi connectivity index (χ1n) is 6.24. The highest BCUT2D eigenvalue weighted by Gasteiger charge is 2.48. The number of hydrogen-bond acceptors (Lipinski definition) is 4. The van der Waals surface area contributed by atoms with Gasteiger partial charge < -0.3 is 15.5 Å². The van der Waals surface area contributed by atoms with Crippen molar-refractivity contribution >= 4 is 11.6 Å². The molecule has 0 radical (unpaired) electrons. The largest absolute Gasteiger partial charge is 0.444 e. The second-order valence-corrected chi connectivity index (χ2v) is 4.88. The molecule has 1 fully saturated rings. The predicted octanol–water partition coefficient (Wildman–Crippen LogP) is 2.02. The van der Waals surface area contributed by atoms with Crippen LogP contribution < -0.4 is 11.1 Å². The van der Waals surface area contributed by atoms with E-state index in [-0.39, 0.29) is 11.3 Å². The molecule has 0 atom stereocenters. The second-order valence-electron chi connectivity index (χ2n) is 4.88. The number of aromatic nitrogens is 1. The molecule has 19 heavy (non-hydrogen) atoms. The summed E-state index contributed by atoms with van der Waals surface area (Å²) in [6.07, 6.45) is 4.81. The molecule has 1 aromatic heterocycles. The van der Waals surface area contributed by atoms with E-state index in [0.29, 0.717) is 12.3 Å². The summed E-state index contributed by atoms with van der Waals surface area (Å²) in [6, 6.07) is 7.47. The standard InChI is InChI=1S/C14H15N3O2/c15-8-14(5-6-14)13(18)17-11-3-1-10(2-4-11)12-7-16-9-19-12/h1-4,7,9H,5-6,8,15H2,(H,17,18). The number of nitrogens with one attached hydrogen (secondary N) is 1. The Morgan fingerprint density at radius 3 is 2.63 bits per heavy atom. The van der Waals surface area contributed by atoms with Gasteiger partial charge in [-0.3, -0.25) is 4.79 Å². The number of hydrogen-bond donors (Lipinski definition) is 2. The van der Waals surface area contributed by atoms with Gasteiger partial charge in [0, 0.05) is 17.8 Å². The van der Waals surface area contributed by atoms with Crippen LogP contribution in [0.1, 0.15) is 12.8 Å². The van der Waals surface area contributed by atoms with Crippen LogP contribution in [-0.2, 0) is 4.79 Å². The SMILES string of the molecule is NCC1(C(=O)Nc2ccc(-c3cnco3)cc2)CC1. The Bertz CT molecular complexity index is 571. The smallest absolute Gasteiger partial charge is 0.231 e. The molecule has 1 amide bonds. The first-order valence-corrected chi connectivity index (χ1v) is 6.24. The van der Waals surface area contributed by atoms with Crippen molar-refractivity contribution in [1.82, 2.24) is 4.98 Å². The maximum atomic E-state index is 12.0. The van der Waals surface area contributed by atoms with Crippen LogP contribution in [0.2, 0.25) is 0 Å². The summed E-state index contributed by atoms with van der Waals surface area (Å²) in [6.45, 7) is 0.412. The lowest BCUT2D eigenvalue weighted by Gasteiger charge is -2.12. The Hall–Kier alpha value is -2.14. The first-order chi connectivity index (χ1) is 9.23. The number of carbonyl (C=O) groups excluding carboxylic acids is 1. The van der Waals surface area contributed by atoms with E-state index in [9.17, 15) is 4.79 Å². The van der Waals surface area contributed by atoms with Crippen molar-refractivity contribution in [1.29, 1.82) is 0 Å². The Balaban J connectivity index is 1.71. The average Bonchev–Trinajstić information content (AvgIpc) is 3.06. The molecule has 1 heterocycles. The molecule has 5 nitrogen and oxygen atoms in total. The first kappa shape index (κ1) is 11.9. The molecule has 98 valence electrons. The minimum atomic E-state index is -0.330. The minimum absolute atomic E-state index is 0.0161. The lowest BCUT2D eigenvalue weighted by atomic mass is 10.1. The fourth-order valence-corrected chi connectivity index (χ4v) is 2.01. The van der Waals surface area contributed by atoms with E-state index in [0.717, 1.165) is 24.1 Å². The summed E-state index contributed by atoms with van der Waals surface area (Å²) in [4.78, 5) is 15.9. The lowest BCUT2D eigenvalue weighted by molar-refractivity contribution is -0.120. The zero-order valence-corrected chi connectivity index (χ0v) is 10.4. The van der Waals surface area contributed by atoms with Crippen LogP contribution in [0.5, 0.6) is 0 Å². The van der Waals surface area contributed by atoms with Crippen LogP contribution in [0.25, 0.3) is 11.3 Å². The van der Waals surface area contributed by atoms with Gasteiger partial charge in [0.05, 0.1) is 11.6 Å². The normalized spacial score (nSPS) is 16.1. The van der Waals surface area contributed by atoms with E-state index in [1.807, 2.05) is 24.3 Å². The summed E-state index contributed by atoms with van der Waals surface area (Å²) in [7, 11) is 0. The Labute approximate surface area is 110 Å². The van der Waals surface area contributed by atoms with Crippen LogP contribution in [-0.4, -0.2) is 17.4 Å². The number of benzene rings is 1. The van der Waals surface area contributed by atoms with E-state index in [1.54, 1.807) is 6.20 Å². The third-order valence-electron chi connectivity index (χ3n) is 3.59. The maximum Gasteiger partial charge on any atom is 0.231 e. The summed E-state index contributed by atoms with van der Waals surface area (Å²) in [5.41, 5.74) is 7.00. The monoisotopic (exact) mass is 257 g/mol. The van der Waals surface area contributed by atoms with Crippen molar-refractivity contribution in [2.45, 2.75) is 12.8 Å². The predicted molar refractivity (Wildman–Crippen MR) is 71.3 cm³/mol. The quantitative estimate of drug-likeness (QED) is 0.878. The van der Waals surface area contributed by atoms with Crippen LogP contribution in [0.4, 0.5) is 5.69 Å². The molecule has 3 N–H and O–H groups in total. The van der Waals surface area contributed by atoms with Gasteiger partial charge in [0.2, 0.25) is 5.91 Å². The number of nitrogens with zero attached hydrogens (tertiary/aromatic N) is 1. The molecule has 2 aromatic rings. The van der Waals surface area contributed by atoms with Gasteiger partial charge in [-0.1, -0.05) is 0 Å². The van der Waals surface area contributed by atoms with Crippen LogP contribution >= 0.6 is 0 Å². The average molecular weight is 257 g/mol. The zero-order chi connectivity index (χ0) is 13.3. The van der Waals surface area contributed by atoms with Crippen molar-refractivity contribution in [2.24, 2.45) is 11.1 Å². The van der Waals surface area contributed by atoms with E-state index in [2.05, 4.69) is 10.3 Å². The summed E-state index contributed by atoms with van der Waals surface area (Å²) >= 11 is 0. The molecule has 0 spiro atoms. The molecular formula is C14H15N3O2. The van der Waals surface area contributed by atoms with E-state index >= 15 is 0 Å². The molecule has 0 bridgehead atoms. The molecule has 1 saturated carbocycles. The molecule has 5 heteroatoms. The zero-order valence-electron chi connectivity index (χ0n) is 10.4. The minimum Gasteiger partial charge on any atom is -0.444 e. The Kier molecular flexibility index (Phi) is 2.83. The summed E-state index contributed by atoms with van der Waals surface area (Å²) < 4.78 is 5.21. The number of anilines is 1. The number of oxazole rings is 1. The van der Waals surface area contributed by atoms with Gasteiger partial charge in [0.25, 0.3) is 0 Å². The van der Waals surface area contributed by atoms with Crippen molar-refractivity contribution in [2.75, 3.05) is 11.9 Å². The number of amides is 1. The third-order valence-corrected chi connectivity index (χ3v) is 3.59. The van der Waals surface area contributed by atoms with Crippen molar-refractivity contribution in [3.8, 4) is 11.3 Å². The molecule has 1 aliphatic carbocycles. The molecular weight excluding hydrogens is 242 g/mol. The van der Waals surface area contributed by atoms with Gasteiger partial charge in [-0.2, -0.15) is 0 Å². The fraction of sp³-hybridized carbons (Fsp3) is 0.286. The van der Waals surface area contributed by atoms with Crippen molar-refractivity contribution in [3.63, 3.8) is 0 Å². The molecule has 1 aliphatic rings. The molecule has 3 rings (SSSR count). The molecule has 1 aromatic carbocycles. The lowest BCUT2D eigenvalue weighted by Crippen LogP contribution is -2.30. The van der Waals surface area contributed by atoms with E-state index in [1.165, 1.54) is 6.39 Å². The van der Waals surface area contributed by atoms with Crippen LogP contribution in [0.3, 0.4) is 0 Å². The summed E-state index contributed by atoms with van der Waals surface area (Å²) in [5, 5.41) is 2.90. The van der Waals surface area contributed by atoms with Crippen molar-refractivity contribution in [3.05, 3.63) is 36.9 Å². The number of rotatable bonds is 4. The highest BCUT2D eigenvalue weighted by atomic mass is 16.3. The van der Waals surface area contributed by atoms with Gasteiger partial charge in [-0.25, -0.2) is 4.98 Å². The Morgan fingerprint density at radius 1 is 1.37 bits per heavy atom. The topological polar surface area (TPSA) is 81.2 Å². The summed E-state index contributed by atoms with van der Waals surface area (Å²) in [5.74, 6) is 0.723. The van der Waals surface area contributed by atoms with Gasteiger partial charge in [-0.05, 0) is 37.1 Å². The van der Waals surface area contributed by atoms with E-state index < -0.39 is 0 Å². The van der Waals surface area contributed by atoms with Crippen molar-refractivity contribution < 1.29 is 9.21 Å². The number of carbonyl (C=O) groups is 1. The van der Waals surface area contributed by atoms with Gasteiger partial charge >= 0.3 is 0 Å². The van der Waals surface area contributed by atoms with E-state index in [4.69, 9.17) is 10.2 Å². The highest BCUT2D eigenvalue weighted by molar-refractivity contribution is 5.97. The third kappa shape index (κ3) is 2.24. The highest BCUT2D eigenvalue weighted by Crippen LogP contribution is 2.45. The number of nitrogens with two attached hydrogens (primary N) is 1. The van der Waals surface area contributed by atoms with Crippen LogP contribution in [0, 0.1) is 5.41 Å². The molecule has 0 aliphatic heterocycles. The van der Waals surface area contributed by atoms with Gasteiger partial charge in [0.1, 0.15) is 0 Å². The second kappa shape index (κ2) is 4.51. The molecule has 0 saturated heterocycles. The fourth-order valence-electron chi connectivity index (χ4n) is 2.01. The van der Waals surface area contributed by atoms with Gasteiger partial charge in [0.15, 0.2) is 12.2 Å². The Morgan fingerprint density at radius 2 is 2.11 bits per heavy atom.